The highest BCUT2D eigenvalue weighted by molar-refractivity contribution is 8.15. The number of hydrogen-bond donors (Lipinski definition) is 1. The Labute approximate surface area is 182 Å². The van der Waals surface area contributed by atoms with Gasteiger partial charge in [0.1, 0.15) is 5.25 Å². The molecule has 1 atom stereocenters. The van der Waals surface area contributed by atoms with Gasteiger partial charge in [0, 0.05) is 18.7 Å². The third-order valence-electron chi connectivity index (χ3n) is 4.95. The lowest BCUT2D eigenvalue weighted by molar-refractivity contribution is -0.127. The second kappa shape index (κ2) is 9.30. The van der Waals surface area contributed by atoms with Gasteiger partial charge in [-0.2, -0.15) is 0 Å². The molecular formula is C24H27N3O2S. The van der Waals surface area contributed by atoms with Crippen LogP contribution in [0.15, 0.2) is 54.0 Å². The zero-order valence-electron chi connectivity index (χ0n) is 17.9. The van der Waals surface area contributed by atoms with Crippen LogP contribution in [0.3, 0.4) is 0 Å². The van der Waals surface area contributed by atoms with Gasteiger partial charge >= 0.3 is 0 Å². The molecule has 1 heterocycles. The van der Waals surface area contributed by atoms with Crippen molar-refractivity contribution >= 4 is 40.1 Å². The molecule has 2 aromatic rings. The fraction of sp³-hybridized carbons (Fsp3) is 0.292. The fourth-order valence-electron chi connectivity index (χ4n) is 3.21. The van der Waals surface area contributed by atoms with Crippen LogP contribution in [0.1, 0.15) is 28.7 Å². The number of nitrogens with one attached hydrogen (secondary N) is 1. The van der Waals surface area contributed by atoms with E-state index in [1.54, 1.807) is 11.0 Å². The van der Waals surface area contributed by atoms with Crippen molar-refractivity contribution < 1.29 is 9.59 Å². The summed E-state index contributed by atoms with van der Waals surface area (Å²) in [5, 5.41) is 3.05. The molecule has 0 saturated carbocycles. The van der Waals surface area contributed by atoms with Crippen LogP contribution >= 0.6 is 11.8 Å². The Balaban J connectivity index is 1.79. The van der Waals surface area contributed by atoms with E-state index in [4.69, 9.17) is 4.99 Å². The molecule has 1 fully saturated rings. The van der Waals surface area contributed by atoms with E-state index in [2.05, 4.69) is 11.9 Å². The highest BCUT2D eigenvalue weighted by Gasteiger charge is 2.38. The minimum absolute atomic E-state index is 0.0936. The first-order valence-electron chi connectivity index (χ1n) is 9.90. The maximum atomic E-state index is 13.0. The molecule has 0 unspecified atom stereocenters. The molecule has 2 amide bonds. The van der Waals surface area contributed by atoms with Gasteiger partial charge in [0.15, 0.2) is 5.17 Å². The molecule has 2 aromatic carbocycles. The van der Waals surface area contributed by atoms with E-state index in [-0.39, 0.29) is 18.2 Å². The Morgan fingerprint density at radius 1 is 1.13 bits per heavy atom. The summed E-state index contributed by atoms with van der Waals surface area (Å²) in [5.74, 6) is -0.291. The predicted octanol–water partition coefficient (Wildman–Crippen LogP) is 5.07. The van der Waals surface area contributed by atoms with Gasteiger partial charge in [0.05, 0.1) is 5.69 Å². The van der Waals surface area contributed by atoms with Crippen LogP contribution in [-0.4, -0.2) is 33.7 Å². The molecule has 3 rings (SSSR count). The van der Waals surface area contributed by atoms with Crippen molar-refractivity contribution in [1.29, 1.82) is 0 Å². The first kappa shape index (κ1) is 21.8. The number of aryl methyl sites for hydroxylation is 4. The molecule has 30 heavy (non-hydrogen) atoms. The molecule has 0 aliphatic carbocycles. The summed E-state index contributed by atoms with van der Waals surface area (Å²) in [4.78, 5) is 32.0. The summed E-state index contributed by atoms with van der Waals surface area (Å²) in [5.41, 5.74) is 5.82. The number of carbonyl (C=O) groups excluding carboxylic acids is 2. The quantitative estimate of drug-likeness (QED) is 0.663. The van der Waals surface area contributed by atoms with Crippen LogP contribution in [-0.2, 0) is 9.59 Å². The monoisotopic (exact) mass is 421 g/mol. The summed E-state index contributed by atoms with van der Waals surface area (Å²) in [6, 6.07) is 12.0. The number of amidine groups is 1. The predicted molar refractivity (Wildman–Crippen MR) is 125 cm³/mol. The smallest absolute Gasteiger partial charge is 0.242 e. The summed E-state index contributed by atoms with van der Waals surface area (Å²) in [7, 11) is 0. The van der Waals surface area contributed by atoms with Gasteiger partial charge in [-0.25, -0.2) is 4.99 Å². The molecule has 1 saturated heterocycles. The largest absolute Gasteiger partial charge is 0.326 e. The number of aliphatic imine (C=N–C) groups is 1. The summed E-state index contributed by atoms with van der Waals surface area (Å²) >= 11 is 1.34. The number of carbonyl (C=O) groups is 2. The van der Waals surface area contributed by atoms with E-state index in [9.17, 15) is 9.59 Å². The maximum absolute atomic E-state index is 13.0. The molecule has 1 N–H and O–H groups in total. The third kappa shape index (κ3) is 5.00. The minimum Gasteiger partial charge on any atom is -0.326 e. The minimum atomic E-state index is -0.501. The van der Waals surface area contributed by atoms with Gasteiger partial charge < -0.3 is 5.32 Å². The van der Waals surface area contributed by atoms with Gasteiger partial charge in [0.25, 0.3) is 0 Å². The van der Waals surface area contributed by atoms with Crippen molar-refractivity contribution in [1.82, 2.24) is 4.90 Å². The maximum Gasteiger partial charge on any atom is 0.242 e. The van der Waals surface area contributed by atoms with Crippen molar-refractivity contribution in [3.05, 3.63) is 71.3 Å². The highest BCUT2D eigenvalue weighted by Crippen LogP contribution is 2.33. The number of thioether (sulfide) groups is 1. The summed E-state index contributed by atoms with van der Waals surface area (Å²) < 4.78 is 0. The number of anilines is 1. The lowest BCUT2D eigenvalue weighted by atomic mass is 10.1. The van der Waals surface area contributed by atoms with Gasteiger partial charge in [-0.15, -0.1) is 6.58 Å². The SMILES string of the molecule is C=CCN1C(=O)[C@@H](CC(=O)Nc2cc(C)ccc2C)SC1=Nc1cc(C)ccc1C. The summed E-state index contributed by atoms with van der Waals surface area (Å²) in [6.45, 7) is 12.1. The van der Waals surface area contributed by atoms with E-state index < -0.39 is 5.25 Å². The van der Waals surface area contributed by atoms with Crippen molar-refractivity contribution in [3.8, 4) is 0 Å². The first-order valence-corrected chi connectivity index (χ1v) is 10.8. The lowest BCUT2D eigenvalue weighted by Crippen LogP contribution is -2.33. The Hall–Kier alpha value is -2.86. The molecular weight excluding hydrogens is 394 g/mol. The molecule has 5 nitrogen and oxygen atoms in total. The van der Waals surface area contributed by atoms with Crippen molar-refractivity contribution in [2.24, 2.45) is 4.99 Å². The fourth-order valence-corrected chi connectivity index (χ4v) is 4.37. The molecule has 0 radical (unpaired) electrons. The summed E-state index contributed by atoms with van der Waals surface area (Å²) in [6.07, 6.45) is 1.77. The van der Waals surface area contributed by atoms with E-state index >= 15 is 0 Å². The molecule has 156 valence electrons. The zero-order valence-corrected chi connectivity index (χ0v) is 18.7. The topological polar surface area (TPSA) is 61.8 Å². The third-order valence-corrected chi connectivity index (χ3v) is 6.13. The lowest BCUT2D eigenvalue weighted by Gasteiger charge is -2.14. The van der Waals surface area contributed by atoms with E-state index in [0.29, 0.717) is 11.7 Å². The van der Waals surface area contributed by atoms with Crippen molar-refractivity contribution in [2.75, 3.05) is 11.9 Å². The first-order chi connectivity index (χ1) is 14.3. The van der Waals surface area contributed by atoms with Gasteiger partial charge in [-0.1, -0.05) is 42.1 Å². The zero-order chi connectivity index (χ0) is 21.8. The van der Waals surface area contributed by atoms with Gasteiger partial charge in [0.2, 0.25) is 11.8 Å². The molecule has 0 aromatic heterocycles. The van der Waals surface area contributed by atoms with Crippen LogP contribution in [0, 0.1) is 27.7 Å². The average Bonchev–Trinajstić information content (AvgIpc) is 2.96. The van der Waals surface area contributed by atoms with Crippen LogP contribution in [0.5, 0.6) is 0 Å². The van der Waals surface area contributed by atoms with Crippen LogP contribution in [0.2, 0.25) is 0 Å². The van der Waals surface area contributed by atoms with Crippen LogP contribution in [0.4, 0.5) is 11.4 Å². The molecule has 1 aliphatic heterocycles. The van der Waals surface area contributed by atoms with E-state index in [1.807, 2.05) is 64.1 Å². The standard InChI is InChI=1S/C24H27N3O2S/c1-6-11-27-23(29)21(14-22(28)25-19-12-15(2)7-9-17(19)4)30-24(27)26-20-13-16(3)8-10-18(20)5/h6-10,12-13,21H,1,11,14H2,2-5H3,(H,25,28)/t21-/m1/s1. The highest BCUT2D eigenvalue weighted by atomic mass is 32.2. The number of benzene rings is 2. The number of nitrogens with zero attached hydrogens (tertiary/aromatic N) is 2. The van der Waals surface area contributed by atoms with E-state index in [1.165, 1.54) is 11.8 Å². The van der Waals surface area contributed by atoms with Crippen LogP contribution < -0.4 is 5.32 Å². The molecule has 0 bridgehead atoms. The second-order valence-electron chi connectivity index (χ2n) is 7.60. The normalized spacial score (nSPS) is 17.5. The Morgan fingerprint density at radius 3 is 2.50 bits per heavy atom. The van der Waals surface area contributed by atoms with Gasteiger partial charge in [-0.05, 0) is 62.1 Å². The number of amides is 2. The Morgan fingerprint density at radius 2 is 1.80 bits per heavy atom. The molecule has 1 aliphatic rings. The van der Waals surface area contributed by atoms with Crippen LogP contribution in [0.25, 0.3) is 0 Å². The second-order valence-corrected chi connectivity index (χ2v) is 8.77. The van der Waals surface area contributed by atoms with E-state index in [0.717, 1.165) is 33.6 Å². The molecule has 0 spiro atoms. The van der Waals surface area contributed by atoms with Crippen molar-refractivity contribution in [2.45, 2.75) is 39.4 Å². The molecule has 6 heteroatoms. The Kier molecular flexibility index (Phi) is 6.77. The number of hydrogen-bond acceptors (Lipinski definition) is 4. The van der Waals surface area contributed by atoms with Gasteiger partial charge in [-0.3, -0.25) is 14.5 Å². The van der Waals surface area contributed by atoms with Crippen molar-refractivity contribution in [3.63, 3.8) is 0 Å². The Bertz CT molecular complexity index is 1030. The number of rotatable bonds is 6. The average molecular weight is 422 g/mol.